The average molecular weight is 286 g/mol. The Morgan fingerprint density at radius 3 is 2.86 bits per heavy atom. The maximum absolute atomic E-state index is 13.8. The van der Waals surface area contributed by atoms with E-state index in [9.17, 15) is 14.3 Å². The predicted octanol–water partition coefficient (Wildman–Crippen LogP) is 2.31. The van der Waals surface area contributed by atoms with Gasteiger partial charge < -0.3 is 15.7 Å². The maximum atomic E-state index is 13.8. The van der Waals surface area contributed by atoms with Crippen LogP contribution < -0.4 is 5.73 Å². The molecule has 1 heterocycles. The number of hydrogen-bond acceptors (Lipinski definition) is 3. The number of nitrogens with two attached hydrogens (primary N) is 1. The number of hydrogen-bond donors (Lipinski definition) is 2. The fraction of sp³-hybridized carbons (Fsp3) is 0.188. The van der Waals surface area contributed by atoms with E-state index in [-0.39, 0.29) is 17.2 Å². The van der Waals surface area contributed by atoms with Crippen LogP contribution in [0.15, 0.2) is 36.4 Å². The number of amides is 1. The molecule has 21 heavy (non-hydrogen) atoms. The monoisotopic (exact) mass is 286 g/mol. The molecular formula is C16H15FN2O2. The van der Waals surface area contributed by atoms with E-state index >= 15 is 0 Å². The lowest BCUT2D eigenvalue weighted by molar-refractivity contribution is 0.0730. The van der Waals surface area contributed by atoms with E-state index in [1.165, 1.54) is 12.1 Å². The van der Waals surface area contributed by atoms with E-state index in [1.54, 1.807) is 4.90 Å². The second kappa shape index (κ2) is 5.09. The first-order valence-corrected chi connectivity index (χ1v) is 6.70. The number of benzene rings is 2. The third-order valence-electron chi connectivity index (χ3n) is 3.77. The molecule has 1 aliphatic rings. The largest absolute Gasteiger partial charge is 0.508 e. The van der Waals surface area contributed by atoms with Crippen molar-refractivity contribution in [2.75, 3.05) is 12.3 Å². The van der Waals surface area contributed by atoms with Crippen LogP contribution in [0.2, 0.25) is 0 Å². The smallest absolute Gasteiger partial charge is 0.257 e. The van der Waals surface area contributed by atoms with Crippen LogP contribution in [-0.2, 0) is 13.0 Å². The molecule has 0 spiro atoms. The summed E-state index contributed by atoms with van der Waals surface area (Å²) in [7, 11) is 0. The molecule has 5 heteroatoms. The van der Waals surface area contributed by atoms with Crippen molar-refractivity contribution in [2.45, 2.75) is 13.0 Å². The zero-order chi connectivity index (χ0) is 15.0. The van der Waals surface area contributed by atoms with E-state index in [0.717, 1.165) is 22.9 Å². The van der Waals surface area contributed by atoms with Crippen LogP contribution in [0, 0.1) is 5.82 Å². The second-order valence-electron chi connectivity index (χ2n) is 5.13. The molecule has 0 saturated carbocycles. The lowest BCUT2D eigenvalue weighted by Crippen LogP contribution is -2.36. The molecule has 0 saturated heterocycles. The van der Waals surface area contributed by atoms with Gasteiger partial charge in [0.05, 0.1) is 5.56 Å². The summed E-state index contributed by atoms with van der Waals surface area (Å²) in [5, 5.41) is 9.21. The SMILES string of the molecule is Nc1cccc2c1CCN(C(=O)c1ccc(O)cc1F)C2. The van der Waals surface area contributed by atoms with Crippen LogP contribution in [0.3, 0.4) is 0 Å². The molecular weight excluding hydrogens is 271 g/mol. The molecule has 108 valence electrons. The summed E-state index contributed by atoms with van der Waals surface area (Å²) in [6, 6.07) is 9.19. The zero-order valence-corrected chi connectivity index (χ0v) is 11.3. The molecule has 2 aromatic rings. The minimum absolute atomic E-state index is 0.0276. The molecule has 0 unspecified atom stereocenters. The number of phenols is 1. The first-order valence-electron chi connectivity index (χ1n) is 6.70. The molecule has 0 aromatic heterocycles. The highest BCUT2D eigenvalue weighted by molar-refractivity contribution is 5.94. The Hall–Kier alpha value is -2.56. The number of halogens is 1. The van der Waals surface area contributed by atoms with E-state index in [0.29, 0.717) is 19.5 Å². The van der Waals surface area contributed by atoms with Gasteiger partial charge in [0.25, 0.3) is 5.91 Å². The third-order valence-corrected chi connectivity index (χ3v) is 3.77. The van der Waals surface area contributed by atoms with E-state index in [4.69, 9.17) is 5.73 Å². The quantitative estimate of drug-likeness (QED) is 0.791. The molecule has 2 aromatic carbocycles. The molecule has 0 aliphatic carbocycles. The lowest BCUT2D eigenvalue weighted by Gasteiger charge is -2.29. The van der Waals surface area contributed by atoms with Crippen LogP contribution in [0.1, 0.15) is 21.5 Å². The van der Waals surface area contributed by atoms with Gasteiger partial charge in [0.2, 0.25) is 0 Å². The third kappa shape index (κ3) is 2.42. The summed E-state index contributed by atoms with van der Waals surface area (Å²) < 4.78 is 13.8. The van der Waals surface area contributed by atoms with Gasteiger partial charge in [-0.1, -0.05) is 12.1 Å². The summed E-state index contributed by atoms with van der Waals surface area (Å²) in [5.41, 5.74) is 8.68. The van der Waals surface area contributed by atoms with Gasteiger partial charge in [0.1, 0.15) is 11.6 Å². The number of nitrogen functional groups attached to an aromatic ring is 1. The first-order chi connectivity index (χ1) is 10.1. The number of rotatable bonds is 1. The number of carbonyl (C=O) groups is 1. The van der Waals surface area contributed by atoms with Gasteiger partial charge >= 0.3 is 0 Å². The van der Waals surface area contributed by atoms with Crippen molar-refractivity contribution in [1.29, 1.82) is 0 Å². The second-order valence-corrected chi connectivity index (χ2v) is 5.13. The average Bonchev–Trinajstić information content (AvgIpc) is 2.46. The summed E-state index contributed by atoms with van der Waals surface area (Å²) in [4.78, 5) is 14.0. The summed E-state index contributed by atoms with van der Waals surface area (Å²) in [6.45, 7) is 0.917. The van der Waals surface area contributed by atoms with Crippen LogP contribution >= 0.6 is 0 Å². The number of aromatic hydroxyl groups is 1. The van der Waals surface area contributed by atoms with Crippen molar-refractivity contribution in [3.63, 3.8) is 0 Å². The number of anilines is 1. The topological polar surface area (TPSA) is 66.6 Å². The maximum Gasteiger partial charge on any atom is 0.257 e. The number of nitrogens with zero attached hydrogens (tertiary/aromatic N) is 1. The zero-order valence-electron chi connectivity index (χ0n) is 11.3. The van der Waals surface area contributed by atoms with E-state index < -0.39 is 5.82 Å². The Bertz CT molecular complexity index is 715. The van der Waals surface area contributed by atoms with Crippen molar-refractivity contribution in [1.82, 2.24) is 4.90 Å². The van der Waals surface area contributed by atoms with Crippen molar-refractivity contribution in [3.05, 3.63) is 58.9 Å². The molecule has 0 radical (unpaired) electrons. The molecule has 1 aliphatic heterocycles. The fourth-order valence-corrected chi connectivity index (χ4v) is 2.66. The Labute approximate surface area is 121 Å². The van der Waals surface area contributed by atoms with Gasteiger partial charge in [0, 0.05) is 24.8 Å². The summed E-state index contributed by atoms with van der Waals surface area (Å²) in [6.07, 6.45) is 0.660. The van der Waals surface area contributed by atoms with Gasteiger partial charge in [0.15, 0.2) is 0 Å². The Morgan fingerprint density at radius 1 is 1.29 bits per heavy atom. The minimum Gasteiger partial charge on any atom is -0.508 e. The molecule has 4 nitrogen and oxygen atoms in total. The van der Waals surface area contributed by atoms with E-state index in [2.05, 4.69) is 0 Å². The van der Waals surface area contributed by atoms with Crippen LogP contribution in [-0.4, -0.2) is 22.5 Å². The van der Waals surface area contributed by atoms with Gasteiger partial charge in [-0.05, 0) is 35.7 Å². The summed E-state index contributed by atoms with van der Waals surface area (Å²) >= 11 is 0. The molecule has 3 N–H and O–H groups in total. The van der Waals surface area contributed by atoms with Crippen molar-refractivity contribution < 1.29 is 14.3 Å². The van der Waals surface area contributed by atoms with Gasteiger partial charge in [-0.15, -0.1) is 0 Å². The highest BCUT2D eigenvalue weighted by atomic mass is 19.1. The normalized spacial score (nSPS) is 13.9. The molecule has 0 bridgehead atoms. The van der Waals surface area contributed by atoms with Gasteiger partial charge in [-0.25, -0.2) is 4.39 Å². The van der Waals surface area contributed by atoms with Crippen LogP contribution in [0.5, 0.6) is 5.75 Å². The van der Waals surface area contributed by atoms with Crippen molar-refractivity contribution in [2.24, 2.45) is 0 Å². The molecule has 1 amide bonds. The van der Waals surface area contributed by atoms with Gasteiger partial charge in [-0.2, -0.15) is 0 Å². The molecule has 0 atom stereocenters. The first kappa shape index (κ1) is 13.4. The minimum atomic E-state index is -0.710. The highest BCUT2D eigenvalue weighted by Gasteiger charge is 2.24. The van der Waals surface area contributed by atoms with E-state index in [1.807, 2.05) is 18.2 Å². The number of carbonyl (C=O) groups excluding carboxylic acids is 1. The van der Waals surface area contributed by atoms with Crippen molar-refractivity contribution >= 4 is 11.6 Å². The molecule has 3 rings (SSSR count). The number of phenolic OH excluding ortho intramolecular Hbond substituents is 1. The van der Waals surface area contributed by atoms with Crippen LogP contribution in [0.25, 0.3) is 0 Å². The lowest BCUT2D eigenvalue weighted by atomic mass is 9.97. The Morgan fingerprint density at radius 2 is 2.10 bits per heavy atom. The number of fused-ring (bicyclic) bond motifs is 1. The fourth-order valence-electron chi connectivity index (χ4n) is 2.66. The highest BCUT2D eigenvalue weighted by Crippen LogP contribution is 2.26. The Kier molecular flexibility index (Phi) is 3.25. The summed E-state index contributed by atoms with van der Waals surface area (Å²) in [5.74, 6) is -1.28. The molecule has 0 fully saturated rings. The standard InChI is InChI=1S/C16H15FN2O2/c17-14-8-11(20)4-5-13(14)16(21)19-7-6-12-10(9-19)2-1-3-15(12)18/h1-5,8,20H,6-7,9,18H2. The van der Waals surface area contributed by atoms with Crippen LogP contribution in [0.4, 0.5) is 10.1 Å². The predicted molar refractivity (Wildman–Crippen MR) is 77.4 cm³/mol. The van der Waals surface area contributed by atoms with Gasteiger partial charge in [-0.3, -0.25) is 4.79 Å². The Balaban J connectivity index is 1.87. The van der Waals surface area contributed by atoms with Crippen molar-refractivity contribution in [3.8, 4) is 5.75 Å².